The molecular weight excluding hydrogens is 242 g/mol. The van der Waals surface area contributed by atoms with Gasteiger partial charge in [0.05, 0.1) is 0 Å². The number of nitrogens with one attached hydrogen (secondary N) is 3. The van der Waals surface area contributed by atoms with Crippen molar-refractivity contribution in [3.63, 3.8) is 0 Å². The molecule has 5 nitrogen and oxygen atoms in total. The lowest BCUT2D eigenvalue weighted by Crippen LogP contribution is -2.45. The van der Waals surface area contributed by atoms with Crippen LogP contribution < -0.4 is 16.0 Å². The maximum absolute atomic E-state index is 11.7. The van der Waals surface area contributed by atoms with Crippen LogP contribution in [0.15, 0.2) is 24.3 Å². The average molecular weight is 263 g/mol. The topological polar surface area (TPSA) is 70.2 Å². The van der Waals surface area contributed by atoms with E-state index in [2.05, 4.69) is 22.9 Å². The highest BCUT2D eigenvalue weighted by atomic mass is 16.2. The molecule has 104 valence electrons. The first-order valence-electron chi connectivity index (χ1n) is 6.51. The number of benzene rings is 1. The third-order valence-electron chi connectivity index (χ3n) is 2.71. The van der Waals surface area contributed by atoms with Crippen molar-refractivity contribution in [1.29, 1.82) is 0 Å². The maximum atomic E-state index is 11.7. The maximum Gasteiger partial charge on any atom is 0.321 e. The van der Waals surface area contributed by atoms with Crippen LogP contribution in [0, 0.1) is 0 Å². The van der Waals surface area contributed by atoms with E-state index in [4.69, 9.17) is 0 Å². The second-order valence-electron chi connectivity index (χ2n) is 4.27. The Hall–Kier alpha value is -2.04. The Balaban J connectivity index is 2.50. The number of carbonyl (C=O) groups is 2. The van der Waals surface area contributed by atoms with Crippen LogP contribution in [-0.2, 0) is 11.2 Å². The van der Waals surface area contributed by atoms with Crippen LogP contribution in [0.5, 0.6) is 0 Å². The highest BCUT2D eigenvalue weighted by Crippen LogP contribution is 2.11. The van der Waals surface area contributed by atoms with Gasteiger partial charge in [-0.25, -0.2) is 4.79 Å². The third-order valence-corrected chi connectivity index (χ3v) is 2.71. The van der Waals surface area contributed by atoms with Crippen LogP contribution in [-0.4, -0.2) is 24.5 Å². The Morgan fingerprint density at radius 3 is 2.32 bits per heavy atom. The van der Waals surface area contributed by atoms with Crippen LogP contribution in [0.3, 0.4) is 0 Å². The molecule has 0 bridgehead atoms. The molecule has 3 N–H and O–H groups in total. The molecule has 5 heteroatoms. The first-order chi connectivity index (χ1) is 9.06. The van der Waals surface area contributed by atoms with Gasteiger partial charge in [0.1, 0.15) is 6.04 Å². The van der Waals surface area contributed by atoms with Crippen LogP contribution in [0.1, 0.15) is 26.3 Å². The second kappa shape index (κ2) is 7.41. The summed E-state index contributed by atoms with van der Waals surface area (Å²) in [4.78, 5) is 22.9. The summed E-state index contributed by atoms with van der Waals surface area (Å²) in [7, 11) is 0. The molecule has 3 amide bonds. The summed E-state index contributed by atoms with van der Waals surface area (Å²) in [6.45, 7) is 6.08. The molecule has 0 saturated heterocycles. The molecular formula is C14H21N3O2. The number of aryl methyl sites for hydroxylation is 1. The molecule has 0 aliphatic carbocycles. The minimum absolute atomic E-state index is 0.356. The molecule has 0 aromatic heterocycles. The van der Waals surface area contributed by atoms with Crippen molar-refractivity contribution in [2.75, 3.05) is 11.9 Å². The molecule has 1 aromatic rings. The second-order valence-corrected chi connectivity index (χ2v) is 4.27. The Morgan fingerprint density at radius 2 is 1.79 bits per heavy atom. The molecule has 0 aliphatic rings. The van der Waals surface area contributed by atoms with E-state index in [0.29, 0.717) is 6.54 Å². The van der Waals surface area contributed by atoms with E-state index in [-0.39, 0.29) is 5.91 Å². The lowest BCUT2D eigenvalue weighted by molar-refractivity contribution is -0.120. The van der Waals surface area contributed by atoms with Gasteiger partial charge in [-0.2, -0.15) is 0 Å². The van der Waals surface area contributed by atoms with Crippen LogP contribution >= 0.6 is 0 Å². The van der Waals surface area contributed by atoms with Gasteiger partial charge in [-0.1, -0.05) is 19.1 Å². The Kier molecular flexibility index (Phi) is 5.85. The quantitative estimate of drug-likeness (QED) is 0.760. The number of rotatable bonds is 5. The lowest BCUT2D eigenvalue weighted by atomic mass is 10.1. The predicted octanol–water partition coefficient (Wildman–Crippen LogP) is 1.90. The van der Waals surface area contributed by atoms with Gasteiger partial charge in [-0.15, -0.1) is 0 Å². The summed E-state index contributed by atoms with van der Waals surface area (Å²) < 4.78 is 0. The van der Waals surface area contributed by atoms with Crippen LogP contribution in [0.4, 0.5) is 10.5 Å². The SMILES string of the molecule is CCNC(=O)NC(=O)[C@@H](C)Nc1ccc(CC)cc1. The number of imide groups is 1. The first-order valence-corrected chi connectivity index (χ1v) is 6.51. The number of carbonyl (C=O) groups excluding carboxylic acids is 2. The Morgan fingerprint density at radius 1 is 1.16 bits per heavy atom. The van der Waals surface area contributed by atoms with Gasteiger partial charge < -0.3 is 10.6 Å². The van der Waals surface area contributed by atoms with Crippen molar-refractivity contribution in [2.45, 2.75) is 33.2 Å². The van der Waals surface area contributed by atoms with Crippen molar-refractivity contribution < 1.29 is 9.59 Å². The summed E-state index contributed by atoms with van der Waals surface area (Å²) >= 11 is 0. The molecule has 0 unspecified atom stereocenters. The number of hydrogen-bond acceptors (Lipinski definition) is 3. The van der Waals surface area contributed by atoms with E-state index in [1.165, 1.54) is 5.56 Å². The number of amides is 3. The molecule has 1 aromatic carbocycles. The Bertz CT molecular complexity index is 429. The molecule has 0 fully saturated rings. The van der Waals surface area contributed by atoms with Gasteiger partial charge in [-0.05, 0) is 38.0 Å². The zero-order chi connectivity index (χ0) is 14.3. The molecule has 0 radical (unpaired) electrons. The first kappa shape index (κ1) is 15.0. The third kappa shape index (κ3) is 4.99. The predicted molar refractivity (Wildman–Crippen MR) is 76.1 cm³/mol. The summed E-state index contributed by atoms with van der Waals surface area (Å²) in [6, 6.07) is 6.93. The van der Waals surface area contributed by atoms with Crippen LogP contribution in [0.25, 0.3) is 0 Å². The van der Waals surface area contributed by atoms with E-state index in [9.17, 15) is 9.59 Å². The summed E-state index contributed by atoms with van der Waals surface area (Å²) in [5.74, 6) is -0.356. The summed E-state index contributed by atoms with van der Waals surface area (Å²) in [5, 5.41) is 7.83. The van der Waals surface area contributed by atoms with E-state index in [1.54, 1.807) is 13.8 Å². The molecule has 19 heavy (non-hydrogen) atoms. The minimum atomic E-state index is -0.477. The lowest BCUT2D eigenvalue weighted by Gasteiger charge is -2.15. The molecule has 0 spiro atoms. The molecule has 0 aliphatic heterocycles. The van der Waals surface area contributed by atoms with Crippen LogP contribution in [0.2, 0.25) is 0 Å². The number of hydrogen-bond donors (Lipinski definition) is 3. The zero-order valence-corrected chi connectivity index (χ0v) is 11.6. The summed E-state index contributed by atoms with van der Waals surface area (Å²) in [5.41, 5.74) is 2.10. The number of urea groups is 1. The normalized spacial score (nSPS) is 11.5. The van der Waals surface area contributed by atoms with Crippen molar-refractivity contribution >= 4 is 17.6 Å². The largest absolute Gasteiger partial charge is 0.374 e. The molecule has 0 heterocycles. The highest BCUT2D eigenvalue weighted by Gasteiger charge is 2.14. The molecule has 1 atom stereocenters. The smallest absolute Gasteiger partial charge is 0.321 e. The molecule has 1 rings (SSSR count). The Labute approximate surface area is 113 Å². The minimum Gasteiger partial charge on any atom is -0.374 e. The van der Waals surface area contributed by atoms with Crippen molar-refractivity contribution in [3.8, 4) is 0 Å². The zero-order valence-electron chi connectivity index (χ0n) is 11.6. The van der Waals surface area contributed by atoms with Crippen molar-refractivity contribution in [3.05, 3.63) is 29.8 Å². The highest BCUT2D eigenvalue weighted by molar-refractivity contribution is 5.97. The standard InChI is InChI=1S/C14H21N3O2/c1-4-11-6-8-12(9-7-11)16-10(3)13(18)17-14(19)15-5-2/h6-10,16H,4-5H2,1-3H3,(H2,15,17,18,19)/t10-/m1/s1. The van der Waals surface area contributed by atoms with Gasteiger partial charge in [0.2, 0.25) is 5.91 Å². The van der Waals surface area contributed by atoms with Gasteiger partial charge in [0, 0.05) is 12.2 Å². The van der Waals surface area contributed by atoms with E-state index >= 15 is 0 Å². The van der Waals surface area contributed by atoms with Gasteiger partial charge in [-0.3, -0.25) is 10.1 Å². The fourth-order valence-corrected chi connectivity index (χ4v) is 1.58. The number of anilines is 1. The van der Waals surface area contributed by atoms with Crippen molar-refractivity contribution in [2.24, 2.45) is 0 Å². The molecule has 0 saturated carbocycles. The van der Waals surface area contributed by atoms with E-state index in [1.807, 2.05) is 24.3 Å². The van der Waals surface area contributed by atoms with Gasteiger partial charge in [0.15, 0.2) is 0 Å². The fraction of sp³-hybridized carbons (Fsp3) is 0.429. The van der Waals surface area contributed by atoms with E-state index < -0.39 is 12.1 Å². The van der Waals surface area contributed by atoms with Crippen molar-refractivity contribution in [1.82, 2.24) is 10.6 Å². The average Bonchev–Trinajstić information content (AvgIpc) is 2.39. The van der Waals surface area contributed by atoms with Gasteiger partial charge in [0.25, 0.3) is 0 Å². The van der Waals surface area contributed by atoms with Gasteiger partial charge >= 0.3 is 6.03 Å². The van der Waals surface area contributed by atoms with E-state index in [0.717, 1.165) is 12.1 Å². The monoisotopic (exact) mass is 263 g/mol. The fourth-order valence-electron chi connectivity index (χ4n) is 1.58. The summed E-state index contributed by atoms with van der Waals surface area (Å²) in [6.07, 6.45) is 0.980.